The molecule has 1 N–H and O–H groups in total. The summed E-state index contributed by atoms with van der Waals surface area (Å²) in [7, 11) is 0. The molecule has 0 aromatic heterocycles. The Morgan fingerprint density at radius 3 is 2.61 bits per heavy atom. The molecular formula is C13H9ClF2O2. The summed E-state index contributed by atoms with van der Waals surface area (Å²) in [5.41, 5.74) is 0.322. The lowest BCUT2D eigenvalue weighted by Gasteiger charge is -2.11. The minimum absolute atomic E-state index is 0.189. The second-order valence-electron chi connectivity index (χ2n) is 3.55. The molecule has 0 unspecified atom stereocenters. The lowest BCUT2D eigenvalue weighted by Crippen LogP contribution is -1.95. The first-order valence-corrected chi connectivity index (χ1v) is 5.50. The zero-order valence-electron chi connectivity index (χ0n) is 9.16. The van der Waals surface area contributed by atoms with Gasteiger partial charge in [0.2, 0.25) is 0 Å². The molecule has 2 nitrogen and oxygen atoms in total. The molecule has 5 heteroatoms. The lowest BCUT2D eigenvalue weighted by molar-refractivity contribution is 0.276. The number of ether oxygens (including phenoxy) is 1. The van der Waals surface area contributed by atoms with Gasteiger partial charge in [-0.1, -0.05) is 17.7 Å². The van der Waals surface area contributed by atoms with E-state index in [9.17, 15) is 8.78 Å². The number of rotatable bonds is 3. The first-order chi connectivity index (χ1) is 8.61. The van der Waals surface area contributed by atoms with Crippen LogP contribution in [0.4, 0.5) is 8.78 Å². The highest BCUT2D eigenvalue weighted by atomic mass is 35.5. The molecule has 0 saturated carbocycles. The third-order valence-electron chi connectivity index (χ3n) is 2.35. The predicted molar refractivity (Wildman–Crippen MR) is 63.8 cm³/mol. The number of halogens is 3. The van der Waals surface area contributed by atoms with E-state index in [4.69, 9.17) is 21.4 Å². The van der Waals surface area contributed by atoms with Crippen LogP contribution in [0.3, 0.4) is 0 Å². The van der Waals surface area contributed by atoms with Gasteiger partial charge < -0.3 is 9.84 Å². The molecular weight excluding hydrogens is 262 g/mol. The van der Waals surface area contributed by atoms with Gasteiger partial charge in [-0.25, -0.2) is 8.78 Å². The van der Waals surface area contributed by atoms with Gasteiger partial charge >= 0.3 is 0 Å². The highest BCUT2D eigenvalue weighted by Gasteiger charge is 2.11. The highest BCUT2D eigenvalue weighted by molar-refractivity contribution is 6.31. The molecule has 0 amide bonds. The van der Waals surface area contributed by atoms with E-state index in [1.54, 1.807) is 12.1 Å². The van der Waals surface area contributed by atoms with Crippen LogP contribution in [0.1, 0.15) is 5.56 Å². The fourth-order valence-electron chi connectivity index (χ4n) is 1.46. The molecule has 0 heterocycles. The normalized spacial score (nSPS) is 10.4. The Morgan fingerprint density at radius 1 is 1.11 bits per heavy atom. The maximum absolute atomic E-state index is 13.4. The van der Waals surface area contributed by atoms with Gasteiger partial charge in [0.25, 0.3) is 0 Å². The van der Waals surface area contributed by atoms with Crippen LogP contribution < -0.4 is 4.74 Å². The second-order valence-corrected chi connectivity index (χ2v) is 3.96. The summed E-state index contributed by atoms with van der Waals surface area (Å²) in [5.74, 6) is -1.37. The third kappa shape index (κ3) is 2.60. The molecule has 0 fully saturated rings. The average Bonchev–Trinajstić information content (AvgIpc) is 2.34. The fraction of sp³-hybridized carbons (Fsp3) is 0.0769. The molecule has 2 aromatic rings. The summed E-state index contributed by atoms with van der Waals surface area (Å²) in [4.78, 5) is 0. The topological polar surface area (TPSA) is 29.5 Å². The molecule has 0 radical (unpaired) electrons. The summed E-state index contributed by atoms with van der Waals surface area (Å²) in [6.45, 7) is -0.355. The average molecular weight is 271 g/mol. The Balaban J connectivity index is 2.40. The van der Waals surface area contributed by atoms with Crippen LogP contribution in [0.2, 0.25) is 5.02 Å². The van der Waals surface area contributed by atoms with E-state index in [0.29, 0.717) is 10.6 Å². The van der Waals surface area contributed by atoms with Crippen molar-refractivity contribution in [2.45, 2.75) is 6.61 Å². The fourth-order valence-corrected chi connectivity index (χ4v) is 1.69. The van der Waals surface area contributed by atoms with Crippen LogP contribution in [0.25, 0.3) is 0 Å². The first kappa shape index (κ1) is 12.8. The Morgan fingerprint density at radius 2 is 1.89 bits per heavy atom. The highest BCUT2D eigenvalue weighted by Crippen LogP contribution is 2.31. The smallest absolute Gasteiger partial charge is 0.165 e. The van der Waals surface area contributed by atoms with E-state index in [1.807, 2.05) is 0 Å². The van der Waals surface area contributed by atoms with Crippen LogP contribution in [0, 0.1) is 11.6 Å². The van der Waals surface area contributed by atoms with Crippen molar-refractivity contribution in [2.24, 2.45) is 0 Å². The van der Waals surface area contributed by atoms with Crippen LogP contribution in [-0.4, -0.2) is 5.11 Å². The van der Waals surface area contributed by atoms with Crippen LogP contribution in [0.15, 0.2) is 36.4 Å². The lowest BCUT2D eigenvalue weighted by atomic mass is 10.2. The van der Waals surface area contributed by atoms with E-state index < -0.39 is 11.6 Å². The van der Waals surface area contributed by atoms with E-state index in [-0.39, 0.29) is 18.1 Å². The Kier molecular flexibility index (Phi) is 3.79. The standard InChI is InChI=1S/C13H9ClF2O2/c14-10-2-1-3-12(9(10)7-17)18-13-6-8(15)4-5-11(13)16/h1-6,17H,7H2. The molecule has 0 saturated heterocycles. The molecule has 0 bridgehead atoms. The van der Waals surface area contributed by atoms with Crippen molar-refractivity contribution in [3.63, 3.8) is 0 Å². The van der Waals surface area contributed by atoms with Gasteiger partial charge in [0, 0.05) is 16.7 Å². The van der Waals surface area contributed by atoms with Gasteiger partial charge in [0.15, 0.2) is 11.6 Å². The molecule has 0 aliphatic heterocycles. The number of aliphatic hydroxyl groups is 1. The SMILES string of the molecule is OCc1c(Cl)cccc1Oc1cc(F)ccc1F. The van der Waals surface area contributed by atoms with Crippen LogP contribution >= 0.6 is 11.6 Å². The number of hydrogen-bond donors (Lipinski definition) is 1. The molecule has 0 aliphatic rings. The maximum atomic E-state index is 13.4. The second kappa shape index (κ2) is 5.33. The summed E-state index contributed by atoms with van der Waals surface area (Å²) in [6, 6.07) is 7.57. The monoisotopic (exact) mass is 270 g/mol. The van der Waals surface area contributed by atoms with Gasteiger partial charge in [-0.2, -0.15) is 0 Å². The van der Waals surface area contributed by atoms with Gasteiger partial charge in [0.1, 0.15) is 11.6 Å². The summed E-state index contributed by atoms with van der Waals surface area (Å²) in [6.07, 6.45) is 0. The Bertz CT molecular complexity index is 573. The van der Waals surface area contributed by atoms with E-state index in [2.05, 4.69) is 0 Å². The van der Waals surface area contributed by atoms with Crippen molar-refractivity contribution in [2.75, 3.05) is 0 Å². The Hall–Kier alpha value is -1.65. The van der Waals surface area contributed by atoms with E-state index in [0.717, 1.165) is 18.2 Å². The quantitative estimate of drug-likeness (QED) is 0.916. The zero-order chi connectivity index (χ0) is 13.1. The van der Waals surface area contributed by atoms with Crippen molar-refractivity contribution in [3.05, 3.63) is 58.6 Å². The van der Waals surface area contributed by atoms with Gasteiger partial charge in [-0.15, -0.1) is 0 Å². The maximum Gasteiger partial charge on any atom is 0.165 e. The van der Waals surface area contributed by atoms with Gasteiger partial charge in [-0.05, 0) is 24.3 Å². The molecule has 0 atom stereocenters. The summed E-state index contributed by atoms with van der Waals surface area (Å²) >= 11 is 5.86. The van der Waals surface area contributed by atoms with Crippen molar-refractivity contribution in [3.8, 4) is 11.5 Å². The summed E-state index contributed by atoms with van der Waals surface area (Å²) < 4.78 is 31.6. The van der Waals surface area contributed by atoms with Crippen molar-refractivity contribution < 1.29 is 18.6 Å². The molecule has 18 heavy (non-hydrogen) atoms. The summed E-state index contributed by atoms with van der Waals surface area (Å²) in [5, 5.41) is 9.47. The molecule has 0 aliphatic carbocycles. The van der Waals surface area contributed by atoms with E-state index >= 15 is 0 Å². The Labute approximate surface area is 107 Å². The zero-order valence-corrected chi connectivity index (χ0v) is 9.92. The minimum atomic E-state index is -0.694. The minimum Gasteiger partial charge on any atom is -0.454 e. The predicted octanol–water partition coefficient (Wildman–Crippen LogP) is 3.90. The van der Waals surface area contributed by atoms with Crippen molar-refractivity contribution >= 4 is 11.6 Å². The molecule has 2 rings (SSSR count). The van der Waals surface area contributed by atoms with Gasteiger partial charge in [0.05, 0.1) is 6.61 Å². The largest absolute Gasteiger partial charge is 0.454 e. The third-order valence-corrected chi connectivity index (χ3v) is 2.70. The first-order valence-electron chi connectivity index (χ1n) is 5.13. The molecule has 0 spiro atoms. The number of benzene rings is 2. The van der Waals surface area contributed by atoms with Crippen LogP contribution in [0.5, 0.6) is 11.5 Å². The van der Waals surface area contributed by atoms with Crippen LogP contribution in [-0.2, 0) is 6.61 Å². The number of aliphatic hydroxyl groups excluding tert-OH is 1. The van der Waals surface area contributed by atoms with Crippen molar-refractivity contribution in [1.82, 2.24) is 0 Å². The molecule has 2 aromatic carbocycles. The van der Waals surface area contributed by atoms with E-state index in [1.165, 1.54) is 6.07 Å². The number of hydrogen-bond acceptors (Lipinski definition) is 2. The van der Waals surface area contributed by atoms with Gasteiger partial charge in [-0.3, -0.25) is 0 Å². The molecule has 94 valence electrons. The van der Waals surface area contributed by atoms with Crippen molar-refractivity contribution in [1.29, 1.82) is 0 Å².